The van der Waals surface area contributed by atoms with Gasteiger partial charge in [0.2, 0.25) is 0 Å². The predicted octanol–water partition coefficient (Wildman–Crippen LogP) is 9.55. The van der Waals surface area contributed by atoms with Crippen LogP contribution in [-0.4, -0.2) is 0 Å². The SMILES string of the molecule is C=CCCc1c(F)cc(-c2ccc(C3CCC4CC(CC/C=C/C)CCC4C3)cc2F)cc1F. The summed E-state index contributed by atoms with van der Waals surface area (Å²) in [6.45, 7) is 5.69. The van der Waals surface area contributed by atoms with E-state index in [1.807, 2.05) is 6.07 Å². The van der Waals surface area contributed by atoms with Crippen LogP contribution < -0.4 is 0 Å². The smallest absolute Gasteiger partial charge is 0.131 e. The van der Waals surface area contributed by atoms with Crippen LogP contribution >= 0.6 is 0 Å². The lowest BCUT2D eigenvalue weighted by atomic mass is 9.63. The molecule has 0 amide bonds. The lowest BCUT2D eigenvalue weighted by Crippen LogP contribution is -2.30. The predicted molar refractivity (Wildman–Crippen MR) is 135 cm³/mol. The number of hydrogen-bond acceptors (Lipinski definition) is 0. The molecule has 2 aliphatic rings. The molecule has 2 aromatic carbocycles. The molecule has 2 saturated carbocycles. The molecular formula is C31H37F3. The van der Waals surface area contributed by atoms with Gasteiger partial charge in [-0.3, -0.25) is 0 Å². The summed E-state index contributed by atoms with van der Waals surface area (Å²) in [7, 11) is 0. The molecule has 0 N–H and O–H groups in total. The van der Waals surface area contributed by atoms with Gasteiger partial charge in [-0.1, -0.05) is 36.8 Å². The molecule has 2 aromatic rings. The molecule has 0 radical (unpaired) electrons. The molecule has 2 aliphatic carbocycles. The molecule has 0 heterocycles. The Morgan fingerprint density at radius 1 is 0.882 bits per heavy atom. The maximum absolute atomic E-state index is 15.1. The highest BCUT2D eigenvalue weighted by molar-refractivity contribution is 5.65. The number of fused-ring (bicyclic) bond motifs is 1. The van der Waals surface area contributed by atoms with Crippen LogP contribution in [0.25, 0.3) is 11.1 Å². The van der Waals surface area contributed by atoms with Gasteiger partial charge >= 0.3 is 0 Å². The first-order valence-electron chi connectivity index (χ1n) is 13.0. The first-order chi connectivity index (χ1) is 16.5. The summed E-state index contributed by atoms with van der Waals surface area (Å²) in [6, 6.07) is 7.77. The Hall–Kier alpha value is -2.29. The third-order valence-electron chi connectivity index (χ3n) is 8.21. The highest BCUT2D eigenvalue weighted by atomic mass is 19.1. The van der Waals surface area contributed by atoms with Gasteiger partial charge in [-0.05, 0) is 118 Å². The molecule has 34 heavy (non-hydrogen) atoms. The van der Waals surface area contributed by atoms with E-state index in [2.05, 4.69) is 25.7 Å². The van der Waals surface area contributed by atoms with Gasteiger partial charge in [-0.15, -0.1) is 6.58 Å². The maximum Gasteiger partial charge on any atom is 0.131 e. The fourth-order valence-corrected chi connectivity index (χ4v) is 6.31. The van der Waals surface area contributed by atoms with Gasteiger partial charge in [0.1, 0.15) is 17.5 Å². The van der Waals surface area contributed by atoms with Crippen molar-refractivity contribution >= 4 is 0 Å². The van der Waals surface area contributed by atoms with Crippen LogP contribution in [0.4, 0.5) is 13.2 Å². The van der Waals surface area contributed by atoms with Crippen molar-refractivity contribution in [3.05, 3.63) is 83.7 Å². The minimum Gasteiger partial charge on any atom is -0.207 e. The topological polar surface area (TPSA) is 0 Å². The van der Waals surface area contributed by atoms with E-state index in [1.54, 1.807) is 18.2 Å². The molecule has 4 unspecified atom stereocenters. The molecule has 0 nitrogen and oxygen atoms in total. The van der Waals surface area contributed by atoms with Crippen molar-refractivity contribution in [2.45, 2.75) is 77.0 Å². The van der Waals surface area contributed by atoms with Crippen molar-refractivity contribution in [3.8, 4) is 11.1 Å². The summed E-state index contributed by atoms with van der Waals surface area (Å²) in [5, 5.41) is 0. The number of benzene rings is 2. The van der Waals surface area contributed by atoms with Crippen molar-refractivity contribution < 1.29 is 13.2 Å². The number of hydrogen-bond donors (Lipinski definition) is 0. The number of rotatable bonds is 8. The highest BCUT2D eigenvalue weighted by Gasteiger charge is 2.35. The van der Waals surface area contributed by atoms with Crippen LogP contribution in [0.1, 0.15) is 81.8 Å². The van der Waals surface area contributed by atoms with Crippen LogP contribution in [0.15, 0.2) is 55.1 Å². The maximum atomic E-state index is 15.1. The Morgan fingerprint density at radius 2 is 1.62 bits per heavy atom. The third-order valence-corrected chi connectivity index (χ3v) is 8.21. The fraction of sp³-hybridized carbons (Fsp3) is 0.484. The van der Waals surface area contributed by atoms with E-state index in [4.69, 9.17) is 0 Å². The largest absolute Gasteiger partial charge is 0.207 e. The minimum absolute atomic E-state index is 0.0361. The Morgan fingerprint density at radius 3 is 2.32 bits per heavy atom. The Bertz CT molecular complexity index is 998. The second-order valence-electron chi connectivity index (χ2n) is 10.3. The van der Waals surface area contributed by atoms with Gasteiger partial charge in [0, 0.05) is 11.1 Å². The lowest BCUT2D eigenvalue weighted by molar-refractivity contribution is 0.115. The van der Waals surface area contributed by atoms with E-state index < -0.39 is 17.5 Å². The van der Waals surface area contributed by atoms with Gasteiger partial charge in [0.15, 0.2) is 0 Å². The number of halogens is 3. The minimum atomic E-state index is -0.625. The highest BCUT2D eigenvalue weighted by Crippen LogP contribution is 2.48. The molecule has 2 fully saturated rings. The first-order valence-corrected chi connectivity index (χ1v) is 13.0. The standard InChI is InChI=1S/C31H37F3/c1-3-5-7-8-21-10-11-23-17-24(13-12-22(23)16-21)25-14-15-27(29(32)18-25)26-19-30(33)28(9-6-4-2)31(34)20-26/h3-5,14-15,18-24H,2,6-13,16-17H2,1H3/b5-3+. The van der Waals surface area contributed by atoms with E-state index in [-0.39, 0.29) is 23.1 Å². The van der Waals surface area contributed by atoms with Crippen LogP contribution in [-0.2, 0) is 6.42 Å². The molecule has 0 saturated heterocycles. The zero-order valence-corrected chi connectivity index (χ0v) is 20.3. The monoisotopic (exact) mass is 466 g/mol. The van der Waals surface area contributed by atoms with E-state index in [0.29, 0.717) is 12.3 Å². The van der Waals surface area contributed by atoms with Gasteiger partial charge in [-0.2, -0.15) is 0 Å². The molecule has 0 aliphatic heterocycles. The summed E-state index contributed by atoms with van der Waals surface area (Å²) in [4.78, 5) is 0. The van der Waals surface area contributed by atoms with E-state index >= 15 is 4.39 Å². The second kappa shape index (κ2) is 11.4. The van der Waals surface area contributed by atoms with Gasteiger partial charge < -0.3 is 0 Å². The van der Waals surface area contributed by atoms with Gasteiger partial charge in [0.25, 0.3) is 0 Å². The van der Waals surface area contributed by atoms with E-state index in [9.17, 15) is 8.78 Å². The quantitative estimate of drug-likeness (QED) is 0.340. The van der Waals surface area contributed by atoms with Crippen LogP contribution in [0.5, 0.6) is 0 Å². The van der Waals surface area contributed by atoms with Crippen LogP contribution in [0, 0.1) is 35.2 Å². The first kappa shape index (κ1) is 24.8. The Kier molecular flexibility index (Phi) is 8.34. The second-order valence-corrected chi connectivity index (χ2v) is 10.3. The average molecular weight is 467 g/mol. The normalized spacial score (nSPS) is 24.8. The fourth-order valence-electron chi connectivity index (χ4n) is 6.31. The van der Waals surface area contributed by atoms with Crippen molar-refractivity contribution in [2.75, 3.05) is 0 Å². The molecule has 182 valence electrons. The molecule has 4 atom stereocenters. The van der Waals surface area contributed by atoms with Crippen molar-refractivity contribution in [2.24, 2.45) is 17.8 Å². The molecule has 0 bridgehead atoms. The summed E-state index contributed by atoms with van der Waals surface area (Å²) in [6.07, 6.45) is 16.7. The molecule has 0 aromatic heterocycles. The zero-order chi connectivity index (χ0) is 24.1. The third kappa shape index (κ3) is 5.67. The number of allylic oxidation sites excluding steroid dienone is 3. The van der Waals surface area contributed by atoms with E-state index in [1.165, 1.54) is 50.7 Å². The summed E-state index contributed by atoms with van der Waals surface area (Å²) in [5.41, 5.74) is 1.57. The molecular weight excluding hydrogens is 429 g/mol. The average Bonchev–Trinajstić information content (AvgIpc) is 2.83. The lowest BCUT2D eigenvalue weighted by Gasteiger charge is -2.42. The van der Waals surface area contributed by atoms with Crippen molar-refractivity contribution in [3.63, 3.8) is 0 Å². The molecule has 3 heteroatoms. The summed E-state index contributed by atoms with van der Waals surface area (Å²) in [5.74, 6) is 1.14. The Balaban J connectivity index is 1.43. The summed E-state index contributed by atoms with van der Waals surface area (Å²) < 4.78 is 44.1. The molecule has 0 spiro atoms. The van der Waals surface area contributed by atoms with Crippen molar-refractivity contribution in [1.29, 1.82) is 0 Å². The van der Waals surface area contributed by atoms with Crippen LogP contribution in [0.2, 0.25) is 0 Å². The van der Waals surface area contributed by atoms with Crippen molar-refractivity contribution in [1.82, 2.24) is 0 Å². The summed E-state index contributed by atoms with van der Waals surface area (Å²) >= 11 is 0. The van der Waals surface area contributed by atoms with Gasteiger partial charge in [0.05, 0.1) is 0 Å². The van der Waals surface area contributed by atoms with E-state index in [0.717, 1.165) is 36.2 Å². The van der Waals surface area contributed by atoms with Gasteiger partial charge in [-0.25, -0.2) is 13.2 Å². The van der Waals surface area contributed by atoms with Crippen LogP contribution in [0.3, 0.4) is 0 Å². The zero-order valence-electron chi connectivity index (χ0n) is 20.3. The Labute approximate surface area is 203 Å². The molecule has 4 rings (SSSR count).